The molecule has 36 valence electrons. The van der Waals surface area contributed by atoms with Gasteiger partial charge in [0.1, 0.15) is 0 Å². The van der Waals surface area contributed by atoms with Gasteiger partial charge in [0, 0.05) is 5.12 Å². The van der Waals surface area contributed by atoms with Crippen LogP contribution in [0.1, 0.15) is 6.92 Å². The lowest BCUT2D eigenvalue weighted by atomic mass is 10.5. The van der Waals surface area contributed by atoms with Crippen molar-refractivity contribution in [3.05, 3.63) is 0 Å². The fraction of sp³-hybridized carbons (Fsp3) is 0.667. The molecule has 1 atom stereocenters. The van der Waals surface area contributed by atoms with Gasteiger partial charge < -0.3 is 22.5 Å². The first-order chi connectivity index (χ1) is 2.64. The van der Waals surface area contributed by atoms with Crippen molar-refractivity contribution in [2.75, 3.05) is 0 Å². The average molecular weight is 105 g/mol. The number of hydrogen-bond donors (Lipinski definition) is 1. The molecule has 0 radical (unpaired) electrons. The van der Waals surface area contributed by atoms with E-state index in [-0.39, 0.29) is 0 Å². The fourth-order valence-electron chi connectivity index (χ4n) is 0. The van der Waals surface area contributed by atoms with Gasteiger partial charge >= 0.3 is 0 Å². The molecule has 2 nitrogen and oxygen atoms in total. The number of aliphatic hydroxyl groups excluding tert-OH is 1. The lowest BCUT2D eigenvalue weighted by Crippen LogP contribution is -2.11. The summed E-state index contributed by atoms with van der Waals surface area (Å²) in [5.74, 6) is 0. The van der Waals surface area contributed by atoms with Crippen molar-refractivity contribution in [3.8, 4) is 0 Å². The summed E-state index contributed by atoms with van der Waals surface area (Å²) in [6.07, 6.45) is -0.972. The van der Waals surface area contributed by atoms with Crippen LogP contribution in [0.25, 0.3) is 0 Å². The zero-order chi connectivity index (χ0) is 5.15. The first kappa shape index (κ1) is 5.85. The largest absolute Gasteiger partial charge is 0.739 e. The van der Waals surface area contributed by atoms with Crippen LogP contribution in [0.15, 0.2) is 0 Å². The van der Waals surface area contributed by atoms with Crippen LogP contribution in [0.2, 0.25) is 0 Å². The summed E-state index contributed by atoms with van der Waals surface area (Å²) in [4.78, 5) is 9.71. The first-order valence-corrected chi connectivity index (χ1v) is 1.94. The van der Waals surface area contributed by atoms with Crippen LogP contribution in [-0.2, 0) is 17.4 Å². The standard InChI is InChI=1S/C3H6O2S/c1-2(4)3(5)6/h2,4H,1H3,(H,5,6)/p-1/t2-/m0/s1. The molecule has 0 saturated heterocycles. The van der Waals surface area contributed by atoms with Crippen molar-refractivity contribution < 1.29 is 9.90 Å². The summed E-state index contributed by atoms with van der Waals surface area (Å²) in [6, 6.07) is 0. The van der Waals surface area contributed by atoms with E-state index in [0.717, 1.165) is 0 Å². The van der Waals surface area contributed by atoms with E-state index >= 15 is 0 Å². The summed E-state index contributed by atoms with van der Waals surface area (Å²) >= 11 is 4.01. The topological polar surface area (TPSA) is 37.3 Å². The monoisotopic (exact) mass is 105 g/mol. The molecule has 0 bridgehead atoms. The van der Waals surface area contributed by atoms with Gasteiger partial charge in [0.2, 0.25) is 0 Å². The molecule has 0 amide bonds. The van der Waals surface area contributed by atoms with Crippen molar-refractivity contribution in [1.29, 1.82) is 0 Å². The molecule has 0 unspecified atom stereocenters. The average Bonchev–Trinajstić information content (AvgIpc) is 1.36. The highest BCUT2D eigenvalue weighted by Crippen LogP contribution is 1.75. The molecule has 0 aliphatic rings. The van der Waals surface area contributed by atoms with E-state index in [1.165, 1.54) is 6.92 Å². The molecule has 0 rings (SSSR count). The van der Waals surface area contributed by atoms with Gasteiger partial charge in [0.05, 0.1) is 6.10 Å². The Morgan fingerprint density at radius 3 is 2.17 bits per heavy atom. The highest BCUT2D eigenvalue weighted by molar-refractivity contribution is 7.77. The summed E-state index contributed by atoms with van der Waals surface area (Å²) in [5.41, 5.74) is 0. The van der Waals surface area contributed by atoms with Gasteiger partial charge in [-0.1, -0.05) is 0 Å². The van der Waals surface area contributed by atoms with Crippen LogP contribution >= 0.6 is 0 Å². The van der Waals surface area contributed by atoms with Gasteiger partial charge in [-0.2, -0.15) is 0 Å². The Bertz CT molecular complexity index is 59.8. The Morgan fingerprint density at radius 2 is 2.17 bits per heavy atom. The summed E-state index contributed by atoms with van der Waals surface area (Å²) in [6.45, 7) is 1.34. The number of carbonyl (C=O) groups is 1. The third kappa shape index (κ3) is 2.11. The fourth-order valence-corrected chi connectivity index (χ4v) is 0. The second-order valence-electron chi connectivity index (χ2n) is 0.995. The van der Waals surface area contributed by atoms with Gasteiger partial charge in [0.15, 0.2) is 0 Å². The van der Waals surface area contributed by atoms with E-state index in [1.54, 1.807) is 0 Å². The second-order valence-corrected chi connectivity index (χ2v) is 1.40. The van der Waals surface area contributed by atoms with E-state index in [2.05, 4.69) is 12.6 Å². The van der Waals surface area contributed by atoms with Crippen LogP contribution in [0.5, 0.6) is 0 Å². The summed E-state index contributed by atoms with van der Waals surface area (Å²) in [5, 5.41) is 7.57. The molecule has 0 fully saturated rings. The number of hydrogen-bond acceptors (Lipinski definition) is 3. The Labute approximate surface area is 41.6 Å². The smallest absolute Gasteiger partial charge is 0.0878 e. The molecular weight excluding hydrogens is 100 g/mol. The lowest BCUT2D eigenvalue weighted by molar-refractivity contribution is -0.117. The number of aliphatic hydroxyl groups is 1. The lowest BCUT2D eigenvalue weighted by Gasteiger charge is -2.03. The van der Waals surface area contributed by atoms with Crippen LogP contribution in [0.3, 0.4) is 0 Å². The number of carbonyl (C=O) groups excluding carboxylic acids is 1. The van der Waals surface area contributed by atoms with Crippen LogP contribution < -0.4 is 0 Å². The molecule has 3 heteroatoms. The van der Waals surface area contributed by atoms with Gasteiger partial charge in [-0.3, -0.25) is 0 Å². The van der Waals surface area contributed by atoms with Crippen molar-refractivity contribution in [2.24, 2.45) is 0 Å². The van der Waals surface area contributed by atoms with E-state index in [0.29, 0.717) is 0 Å². The number of rotatable bonds is 1. The maximum atomic E-state index is 9.71. The van der Waals surface area contributed by atoms with Crippen LogP contribution in [-0.4, -0.2) is 16.3 Å². The van der Waals surface area contributed by atoms with Gasteiger partial charge in [-0.25, -0.2) is 0 Å². The Kier molecular flexibility index (Phi) is 2.05. The Hall–Kier alpha value is -0.150. The Morgan fingerprint density at radius 1 is 2.00 bits per heavy atom. The molecule has 0 aromatic heterocycles. The third-order valence-corrected chi connectivity index (χ3v) is 0.682. The van der Waals surface area contributed by atoms with Crippen LogP contribution in [0, 0.1) is 0 Å². The van der Waals surface area contributed by atoms with E-state index in [4.69, 9.17) is 5.11 Å². The van der Waals surface area contributed by atoms with Crippen LogP contribution in [0.4, 0.5) is 0 Å². The molecule has 0 aromatic carbocycles. The maximum Gasteiger partial charge on any atom is 0.0878 e. The molecule has 0 heterocycles. The predicted octanol–water partition coefficient (Wildman–Crippen LogP) is -0.559. The van der Waals surface area contributed by atoms with Gasteiger partial charge in [-0.05, 0) is 6.92 Å². The molecule has 0 spiro atoms. The van der Waals surface area contributed by atoms with E-state index < -0.39 is 11.2 Å². The van der Waals surface area contributed by atoms with E-state index in [9.17, 15) is 4.79 Å². The molecule has 0 aromatic rings. The molecule has 0 aliphatic carbocycles. The quantitative estimate of drug-likeness (QED) is 0.454. The van der Waals surface area contributed by atoms with Gasteiger partial charge in [-0.15, -0.1) is 0 Å². The molecular formula is C3H5O2S-. The van der Waals surface area contributed by atoms with Crippen molar-refractivity contribution in [3.63, 3.8) is 0 Å². The SMILES string of the molecule is C[C@H](O)C(=O)[S-]. The zero-order valence-electron chi connectivity index (χ0n) is 3.34. The minimum absolute atomic E-state index is 0.602. The predicted molar refractivity (Wildman–Crippen MR) is 24.1 cm³/mol. The highest BCUT2D eigenvalue weighted by atomic mass is 32.1. The first-order valence-electron chi connectivity index (χ1n) is 1.53. The zero-order valence-corrected chi connectivity index (χ0v) is 4.16. The minimum atomic E-state index is -0.972. The normalized spacial score (nSPS) is 13.7. The molecule has 1 N–H and O–H groups in total. The van der Waals surface area contributed by atoms with Crippen molar-refractivity contribution >= 4 is 17.7 Å². The Balaban J connectivity index is 3.26. The van der Waals surface area contributed by atoms with Crippen molar-refractivity contribution in [2.45, 2.75) is 13.0 Å². The third-order valence-electron chi connectivity index (χ3n) is 0.341. The van der Waals surface area contributed by atoms with E-state index in [1.807, 2.05) is 0 Å². The maximum absolute atomic E-state index is 9.71. The van der Waals surface area contributed by atoms with Gasteiger partial charge in [0.25, 0.3) is 0 Å². The van der Waals surface area contributed by atoms with Crippen molar-refractivity contribution in [1.82, 2.24) is 0 Å². The molecule has 6 heavy (non-hydrogen) atoms. The summed E-state index contributed by atoms with van der Waals surface area (Å²) < 4.78 is 0. The summed E-state index contributed by atoms with van der Waals surface area (Å²) in [7, 11) is 0. The minimum Gasteiger partial charge on any atom is -0.739 e. The molecule has 0 aliphatic heterocycles. The highest BCUT2D eigenvalue weighted by Gasteiger charge is 1.87. The second kappa shape index (κ2) is 2.10. The molecule has 0 saturated carbocycles.